The molecule has 1 fully saturated rings. The Kier molecular flexibility index (Phi) is 5.15. The number of rotatable bonds is 4. The quantitative estimate of drug-likeness (QED) is 0.731. The van der Waals surface area contributed by atoms with E-state index in [2.05, 4.69) is 24.0 Å². The lowest BCUT2D eigenvalue weighted by molar-refractivity contribution is 0.0546. The van der Waals surface area contributed by atoms with Crippen LogP contribution in [0.3, 0.4) is 0 Å². The summed E-state index contributed by atoms with van der Waals surface area (Å²) in [5.74, 6) is -0.0553. The van der Waals surface area contributed by atoms with Gasteiger partial charge in [-0.15, -0.1) is 0 Å². The van der Waals surface area contributed by atoms with Gasteiger partial charge in [0.1, 0.15) is 5.65 Å². The Bertz CT molecular complexity index is 986. The second-order valence-corrected chi connectivity index (χ2v) is 7.29. The van der Waals surface area contributed by atoms with Crippen LogP contribution >= 0.6 is 0 Å². The number of aliphatic hydroxyl groups is 2. The van der Waals surface area contributed by atoms with E-state index in [1.54, 1.807) is 21.6 Å². The monoisotopic (exact) mass is 379 g/mol. The Morgan fingerprint density at radius 3 is 2.50 bits per heavy atom. The van der Waals surface area contributed by atoms with Crippen LogP contribution < -0.4 is 0 Å². The summed E-state index contributed by atoms with van der Waals surface area (Å²) in [5, 5.41) is 19.6. The van der Waals surface area contributed by atoms with Gasteiger partial charge in [-0.05, 0) is 37.0 Å². The van der Waals surface area contributed by atoms with E-state index in [4.69, 9.17) is 0 Å². The molecule has 2 N–H and O–H groups in total. The Morgan fingerprint density at radius 2 is 1.86 bits per heavy atom. The summed E-state index contributed by atoms with van der Waals surface area (Å²) in [5.41, 5.74) is 4.85. The van der Waals surface area contributed by atoms with Crippen LogP contribution in [0.4, 0.5) is 0 Å². The van der Waals surface area contributed by atoms with Crippen molar-refractivity contribution in [1.29, 1.82) is 0 Å². The van der Waals surface area contributed by atoms with Crippen molar-refractivity contribution in [1.82, 2.24) is 14.3 Å². The number of aryl methyl sites for hydroxylation is 1. The second-order valence-electron chi connectivity index (χ2n) is 7.29. The van der Waals surface area contributed by atoms with Crippen LogP contribution in [0.1, 0.15) is 41.4 Å². The van der Waals surface area contributed by atoms with E-state index in [0.717, 1.165) is 17.7 Å². The molecule has 6 nitrogen and oxygen atoms in total. The largest absolute Gasteiger partial charge is 0.393 e. The molecule has 1 amide bonds. The summed E-state index contributed by atoms with van der Waals surface area (Å²) in [6, 6.07) is 11.8. The first-order valence-corrected chi connectivity index (χ1v) is 9.79. The molecule has 1 aliphatic rings. The molecule has 1 saturated heterocycles. The SMILES string of the molecule is CCc1ccc(-c2nc3ccc(C(=O)N4CCC(O)CC4)cn3c2CO)cc1. The third-order valence-electron chi connectivity index (χ3n) is 5.50. The van der Waals surface area contributed by atoms with Crippen LogP contribution in [0.25, 0.3) is 16.9 Å². The number of aromatic nitrogens is 2. The summed E-state index contributed by atoms with van der Waals surface area (Å²) in [6.07, 6.45) is 3.63. The number of carbonyl (C=O) groups excluding carboxylic acids is 1. The van der Waals surface area contributed by atoms with Gasteiger partial charge in [-0.1, -0.05) is 31.2 Å². The molecule has 6 heteroatoms. The highest BCUT2D eigenvalue weighted by Crippen LogP contribution is 2.26. The van der Waals surface area contributed by atoms with Gasteiger partial charge in [0.25, 0.3) is 5.91 Å². The Labute approximate surface area is 164 Å². The average Bonchev–Trinajstić information content (AvgIpc) is 3.11. The minimum atomic E-state index is -0.317. The number of pyridine rings is 1. The molecule has 0 aliphatic carbocycles. The molecule has 3 heterocycles. The Balaban J connectivity index is 1.70. The minimum absolute atomic E-state index is 0.0553. The molecular weight excluding hydrogens is 354 g/mol. The Morgan fingerprint density at radius 1 is 1.14 bits per heavy atom. The number of amides is 1. The summed E-state index contributed by atoms with van der Waals surface area (Å²) in [7, 11) is 0. The Hall–Kier alpha value is -2.70. The molecule has 2 aromatic heterocycles. The number of aliphatic hydroxyl groups excluding tert-OH is 2. The van der Waals surface area contributed by atoms with Crippen molar-refractivity contribution in [2.24, 2.45) is 0 Å². The van der Waals surface area contributed by atoms with Crippen LogP contribution in [0, 0.1) is 0 Å². The normalized spacial score (nSPS) is 15.3. The lowest BCUT2D eigenvalue weighted by Crippen LogP contribution is -2.40. The molecule has 0 unspecified atom stereocenters. The van der Waals surface area contributed by atoms with Crippen LogP contribution in [0.15, 0.2) is 42.6 Å². The molecule has 0 radical (unpaired) electrons. The van der Waals surface area contributed by atoms with Crippen LogP contribution in [0.5, 0.6) is 0 Å². The number of likely N-dealkylation sites (tertiary alicyclic amines) is 1. The van der Waals surface area contributed by atoms with E-state index in [1.807, 2.05) is 18.2 Å². The summed E-state index contributed by atoms with van der Waals surface area (Å²) in [4.78, 5) is 19.3. The van der Waals surface area contributed by atoms with Gasteiger partial charge in [0.2, 0.25) is 0 Å². The van der Waals surface area contributed by atoms with Crippen molar-refractivity contribution < 1.29 is 15.0 Å². The molecule has 3 aromatic rings. The van der Waals surface area contributed by atoms with E-state index in [-0.39, 0.29) is 18.6 Å². The van der Waals surface area contributed by atoms with Gasteiger partial charge in [-0.3, -0.25) is 4.79 Å². The van der Waals surface area contributed by atoms with E-state index in [1.165, 1.54) is 5.56 Å². The molecule has 0 atom stereocenters. The molecular formula is C22H25N3O3. The van der Waals surface area contributed by atoms with Crippen molar-refractivity contribution in [3.8, 4) is 11.3 Å². The van der Waals surface area contributed by atoms with Crippen molar-refractivity contribution in [2.45, 2.75) is 38.9 Å². The fourth-order valence-corrected chi connectivity index (χ4v) is 3.75. The van der Waals surface area contributed by atoms with E-state index in [9.17, 15) is 15.0 Å². The van der Waals surface area contributed by atoms with Gasteiger partial charge in [0.15, 0.2) is 0 Å². The van der Waals surface area contributed by atoms with Crippen LogP contribution in [-0.4, -0.2) is 49.6 Å². The molecule has 1 aliphatic heterocycles. The highest BCUT2D eigenvalue weighted by Gasteiger charge is 2.23. The van der Waals surface area contributed by atoms with Crippen LogP contribution in [0.2, 0.25) is 0 Å². The molecule has 146 valence electrons. The van der Waals surface area contributed by atoms with E-state index in [0.29, 0.717) is 42.8 Å². The van der Waals surface area contributed by atoms with E-state index >= 15 is 0 Å². The first-order chi connectivity index (χ1) is 13.6. The number of nitrogens with zero attached hydrogens (tertiary/aromatic N) is 3. The second kappa shape index (κ2) is 7.73. The number of fused-ring (bicyclic) bond motifs is 1. The highest BCUT2D eigenvalue weighted by molar-refractivity contribution is 5.94. The first kappa shape index (κ1) is 18.7. The minimum Gasteiger partial charge on any atom is -0.393 e. The third kappa shape index (κ3) is 3.41. The standard InChI is InChI=1S/C22H25N3O3/c1-2-15-3-5-16(6-4-15)21-19(14-26)25-13-17(7-8-20(25)23-21)22(28)24-11-9-18(27)10-12-24/h3-8,13,18,26-27H,2,9-12,14H2,1H3. The number of benzene rings is 1. The molecule has 28 heavy (non-hydrogen) atoms. The highest BCUT2D eigenvalue weighted by atomic mass is 16.3. The lowest BCUT2D eigenvalue weighted by atomic mass is 10.1. The number of carbonyl (C=O) groups is 1. The molecule has 0 saturated carbocycles. The van der Waals surface area contributed by atoms with Crippen LogP contribution in [-0.2, 0) is 13.0 Å². The zero-order valence-electron chi connectivity index (χ0n) is 16.0. The topological polar surface area (TPSA) is 78.1 Å². The average molecular weight is 379 g/mol. The maximum atomic E-state index is 12.8. The maximum absolute atomic E-state index is 12.8. The third-order valence-corrected chi connectivity index (χ3v) is 5.50. The van der Waals surface area contributed by atoms with Crippen molar-refractivity contribution in [3.63, 3.8) is 0 Å². The number of imidazole rings is 1. The maximum Gasteiger partial charge on any atom is 0.255 e. The van der Waals surface area contributed by atoms with Gasteiger partial charge in [-0.2, -0.15) is 0 Å². The predicted molar refractivity (Wildman–Crippen MR) is 107 cm³/mol. The number of piperidine rings is 1. The zero-order valence-corrected chi connectivity index (χ0v) is 16.0. The molecule has 4 rings (SSSR count). The molecule has 0 spiro atoms. The van der Waals surface area contributed by atoms with Gasteiger partial charge < -0.3 is 19.5 Å². The zero-order chi connectivity index (χ0) is 19.7. The molecule has 0 bridgehead atoms. The van der Waals surface area contributed by atoms with Crippen molar-refractivity contribution >= 4 is 11.6 Å². The van der Waals surface area contributed by atoms with Gasteiger partial charge in [-0.25, -0.2) is 4.98 Å². The number of hydrogen-bond acceptors (Lipinski definition) is 4. The lowest BCUT2D eigenvalue weighted by Gasteiger charge is -2.29. The molecule has 1 aromatic carbocycles. The van der Waals surface area contributed by atoms with Gasteiger partial charge in [0, 0.05) is 24.8 Å². The van der Waals surface area contributed by atoms with Gasteiger partial charge >= 0.3 is 0 Å². The predicted octanol–water partition coefficient (Wildman–Crippen LogP) is 2.65. The number of hydrogen-bond donors (Lipinski definition) is 2. The smallest absolute Gasteiger partial charge is 0.255 e. The van der Waals surface area contributed by atoms with E-state index < -0.39 is 0 Å². The van der Waals surface area contributed by atoms with Gasteiger partial charge in [0.05, 0.1) is 29.7 Å². The van der Waals surface area contributed by atoms with Crippen molar-refractivity contribution in [2.75, 3.05) is 13.1 Å². The first-order valence-electron chi connectivity index (χ1n) is 9.79. The summed E-state index contributed by atoms with van der Waals surface area (Å²) in [6.45, 7) is 3.06. The fourth-order valence-electron chi connectivity index (χ4n) is 3.75. The summed E-state index contributed by atoms with van der Waals surface area (Å²) < 4.78 is 1.80. The fraction of sp³-hybridized carbons (Fsp3) is 0.364. The summed E-state index contributed by atoms with van der Waals surface area (Å²) >= 11 is 0. The van der Waals surface area contributed by atoms with Crippen molar-refractivity contribution in [3.05, 3.63) is 59.4 Å².